The van der Waals surface area contributed by atoms with E-state index in [1.807, 2.05) is 18.2 Å². The lowest BCUT2D eigenvalue weighted by Crippen LogP contribution is -2.35. The highest BCUT2D eigenvalue weighted by Crippen LogP contribution is 2.33. The Kier molecular flexibility index (Phi) is 3.69. The summed E-state index contributed by atoms with van der Waals surface area (Å²) in [6.45, 7) is 3.57. The van der Waals surface area contributed by atoms with Gasteiger partial charge >= 0.3 is 0 Å². The minimum Gasteiger partial charge on any atom is -0.396 e. The molecule has 24 heavy (non-hydrogen) atoms. The van der Waals surface area contributed by atoms with Crippen LogP contribution in [0.5, 0.6) is 0 Å². The first-order chi connectivity index (χ1) is 11.7. The Morgan fingerprint density at radius 2 is 2.12 bits per heavy atom. The minimum atomic E-state index is 0.0495. The van der Waals surface area contributed by atoms with Crippen molar-refractivity contribution in [2.24, 2.45) is 5.92 Å². The molecule has 2 aromatic heterocycles. The molecule has 3 aromatic rings. The number of aliphatic hydroxyl groups excluding tert-OH is 1. The number of ketones is 1. The fourth-order valence-electron chi connectivity index (χ4n) is 3.49. The van der Waals surface area contributed by atoms with Gasteiger partial charge in [-0.05, 0) is 43.9 Å². The third-order valence-electron chi connectivity index (χ3n) is 4.95. The molecular formula is C18H20N4O2. The first kappa shape index (κ1) is 15.1. The van der Waals surface area contributed by atoms with E-state index in [1.165, 1.54) is 0 Å². The van der Waals surface area contributed by atoms with E-state index in [2.05, 4.69) is 19.9 Å². The molecule has 1 aliphatic heterocycles. The van der Waals surface area contributed by atoms with Crippen LogP contribution < -0.4 is 4.90 Å². The van der Waals surface area contributed by atoms with Crippen LogP contribution in [-0.4, -0.2) is 45.5 Å². The van der Waals surface area contributed by atoms with Gasteiger partial charge in [0.05, 0.1) is 5.39 Å². The molecule has 3 heterocycles. The molecule has 1 aliphatic rings. The predicted molar refractivity (Wildman–Crippen MR) is 93.4 cm³/mol. The van der Waals surface area contributed by atoms with Crippen molar-refractivity contribution in [2.75, 3.05) is 24.6 Å². The third kappa shape index (κ3) is 2.43. The monoisotopic (exact) mass is 324 g/mol. The lowest BCUT2D eigenvalue weighted by Gasteiger charge is -2.32. The molecule has 0 amide bonds. The van der Waals surface area contributed by atoms with Gasteiger partial charge in [0.2, 0.25) is 0 Å². The normalized spacial score (nSPS) is 16.2. The maximum absolute atomic E-state index is 11.7. The number of rotatable bonds is 3. The van der Waals surface area contributed by atoms with E-state index in [0.29, 0.717) is 11.5 Å². The number of hydrogen-bond donors (Lipinski definition) is 2. The molecule has 124 valence electrons. The Bertz CT molecular complexity index is 910. The van der Waals surface area contributed by atoms with Gasteiger partial charge in [-0.25, -0.2) is 9.97 Å². The van der Waals surface area contributed by atoms with Crippen LogP contribution in [0.4, 0.5) is 5.82 Å². The molecule has 6 nitrogen and oxygen atoms in total. The molecule has 0 spiro atoms. The first-order valence-electron chi connectivity index (χ1n) is 8.30. The maximum Gasteiger partial charge on any atom is 0.159 e. The number of aromatic amines is 1. The van der Waals surface area contributed by atoms with Crippen LogP contribution in [0.15, 0.2) is 24.5 Å². The Labute approximate surface area is 139 Å². The summed E-state index contributed by atoms with van der Waals surface area (Å²) in [6, 6.07) is 5.68. The number of nitrogens with zero attached hydrogens (tertiary/aromatic N) is 3. The molecule has 0 aliphatic carbocycles. The Morgan fingerprint density at radius 1 is 1.33 bits per heavy atom. The molecule has 4 rings (SSSR count). The average Bonchev–Trinajstić information content (AvgIpc) is 2.99. The molecular weight excluding hydrogens is 304 g/mol. The number of carbonyl (C=O) groups excluding carboxylic acids is 1. The summed E-state index contributed by atoms with van der Waals surface area (Å²) in [5.74, 6) is 1.34. The van der Waals surface area contributed by atoms with Gasteiger partial charge in [-0.3, -0.25) is 4.79 Å². The van der Waals surface area contributed by atoms with Crippen molar-refractivity contribution in [3.63, 3.8) is 0 Å². The van der Waals surface area contributed by atoms with Crippen molar-refractivity contribution in [3.05, 3.63) is 30.1 Å². The van der Waals surface area contributed by atoms with E-state index >= 15 is 0 Å². The smallest absolute Gasteiger partial charge is 0.159 e. The Balaban J connectivity index is 1.85. The van der Waals surface area contributed by atoms with Crippen molar-refractivity contribution in [1.82, 2.24) is 15.0 Å². The van der Waals surface area contributed by atoms with Crippen LogP contribution in [0.25, 0.3) is 21.9 Å². The van der Waals surface area contributed by atoms with Crippen LogP contribution >= 0.6 is 0 Å². The number of H-pyrrole nitrogens is 1. The summed E-state index contributed by atoms with van der Waals surface area (Å²) in [5, 5.41) is 11.3. The standard InChI is InChI=1S/C18H20N4O2/c1-11(24)13-2-3-15-14(8-13)16-17(21-15)19-10-20-18(16)22-6-4-12(9-23)5-7-22/h2-3,8,10,12,23H,4-7,9H2,1H3,(H,19,20,21). The zero-order valence-corrected chi connectivity index (χ0v) is 13.6. The highest BCUT2D eigenvalue weighted by Gasteiger charge is 2.22. The van der Waals surface area contributed by atoms with Gasteiger partial charge in [0.1, 0.15) is 17.8 Å². The lowest BCUT2D eigenvalue weighted by molar-refractivity contribution is 0.101. The van der Waals surface area contributed by atoms with E-state index < -0.39 is 0 Å². The number of fused-ring (bicyclic) bond motifs is 3. The predicted octanol–water partition coefficient (Wildman–Crippen LogP) is 2.52. The highest BCUT2D eigenvalue weighted by atomic mass is 16.3. The second kappa shape index (κ2) is 5.87. The van der Waals surface area contributed by atoms with E-state index in [9.17, 15) is 9.90 Å². The summed E-state index contributed by atoms with van der Waals surface area (Å²) in [4.78, 5) is 26.2. The highest BCUT2D eigenvalue weighted by molar-refractivity contribution is 6.13. The lowest BCUT2D eigenvalue weighted by atomic mass is 9.97. The van der Waals surface area contributed by atoms with Crippen LogP contribution in [0.1, 0.15) is 30.1 Å². The van der Waals surface area contributed by atoms with E-state index in [4.69, 9.17) is 0 Å². The van der Waals surface area contributed by atoms with Gasteiger partial charge in [0.25, 0.3) is 0 Å². The fourth-order valence-corrected chi connectivity index (χ4v) is 3.49. The summed E-state index contributed by atoms with van der Waals surface area (Å²) >= 11 is 0. The molecule has 0 bridgehead atoms. The summed E-state index contributed by atoms with van der Waals surface area (Å²) in [6.07, 6.45) is 3.50. The van der Waals surface area contributed by atoms with Gasteiger partial charge in [0, 0.05) is 36.2 Å². The van der Waals surface area contributed by atoms with Gasteiger partial charge < -0.3 is 15.0 Å². The largest absolute Gasteiger partial charge is 0.396 e. The Hall–Kier alpha value is -2.47. The zero-order valence-electron chi connectivity index (χ0n) is 13.6. The maximum atomic E-state index is 11.7. The van der Waals surface area contributed by atoms with Crippen molar-refractivity contribution >= 4 is 33.5 Å². The molecule has 1 saturated heterocycles. The molecule has 6 heteroatoms. The Morgan fingerprint density at radius 3 is 2.83 bits per heavy atom. The second-order valence-electron chi connectivity index (χ2n) is 6.48. The SMILES string of the molecule is CC(=O)c1ccc2[nH]c3ncnc(N4CCC(CO)CC4)c3c2c1. The van der Waals surface area contributed by atoms with Crippen molar-refractivity contribution in [2.45, 2.75) is 19.8 Å². The quantitative estimate of drug-likeness (QED) is 0.724. The van der Waals surface area contributed by atoms with Gasteiger partial charge in [-0.1, -0.05) is 0 Å². The fraction of sp³-hybridized carbons (Fsp3) is 0.389. The molecule has 0 unspecified atom stereocenters. The molecule has 0 atom stereocenters. The van der Waals surface area contributed by atoms with Crippen molar-refractivity contribution < 1.29 is 9.90 Å². The number of nitrogens with one attached hydrogen (secondary N) is 1. The molecule has 0 radical (unpaired) electrons. The first-order valence-corrected chi connectivity index (χ1v) is 8.30. The number of aliphatic hydroxyl groups is 1. The summed E-state index contributed by atoms with van der Waals surface area (Å²) < 4.78 is 0. The number of carbonyl (C=O) groups is 1. The summed E-state index contributed by atoms with van der Waals surface area (Å²) in [7, 11) is 0. The van der Waals surface area contributed by atoms with E-state index in [-0.39, 0.29) is 12.4 Å². The number of aromatic nitrogens is 3. The molecule has 0 saturated carbocycles. The van der Waals surface area contributed by atoms with Gasteiger partial charge in [-0.2, -0.15) is 0 Å². The topological polar surface area (TPSA) is 82.1 Å². The van der Waals surface area contributed by atoms with Crippen molar-refractivity contribution in [3.8, 4) is 0 Å². The third-order valence-corrected chi connectivity index (χ3v) is 4.95. The number of benzene rings is 1. The van der Waals surface area contributed by atoms with Crippen LogP contribution in [-0.2, 0) is 0 Å². The van der Waals surface area contributed by atoms with Gasteiger partial charge in [0.15, 0.2) is 5.78 Å². The number of hydrogen-bond acceptors (Lipinski definition) is 5. The molecule has 2 N–H and O–H groups in total. The van der Waals surface area contributed by atoms with E-state index in [0.717, 1.165) is 53.7 Å². The molecule has 1 fully saturated rings. The van der Waals surface area contributed by atoms with Crippen LogP contribution in [0, 0.1) is 5.92 Å². The average molecular weight is 324 g/mol. The molecule has 1 aromatic carbocycles. The van der Waals surface area contributed by atoms with E-state index in [1.54, 1.807) is 13.3 Å². The van der Waals surface area contributed by atoms with Crippen molar-refractivity contribution in [1.29, 1.82) is 0 Å². The number of Topliss-reactive ketones (excluding diaryl/α,β-unsaturated/α-hetero) is 1. The zero-order chi connectivity index (χ0) is 16.7. The van der Waals surface area contributed by atoms with Crippen LogP contribution in [0.3, 0.4) is 0 Å². The number of piperidine rings is 1. The second-order valence-corrected chi connectivity index (χ2v) is 6.48. The summed E-state index contributed by atoms with van der Waals surface area (Å²) in [5.41, 5.74) is 2.44. The minimum absolute atomic E-state index is 0.0495. The van der Waals surface area contributed by atoms with Crippen LogP contribution in [0.2, 0.25) is 0 Å². The number of anilines is 1. The van der Waals surface area contributed by atoms with Gasteiger partial charge in [-0.15, -0.1) is 0 Å².